The third kappa shape index (κ3) is 9.65. The van der Waals surface area contributed by atoms with Gasteiger partial charge in [-0.2, -0.15) is 0 Å². The van der Waals surface area contributed by atoms with Crippen LogP contribution in [0.4, 0.5) is 5.69 Å². The highest BCUT2D eigenvalue weighted by Crippen LogP contribution is 2.22. The first-order chi connectivity index (χ1) is 16.7. The third-order valence-corrected chi connectivity index (χ3v) is 5.96. The van der Waals surface area contributed by atoms with Gasteiger partial charge in [-0.3, -0.25) is 19.6 Å². The lowest BCUT2D eigenvalue weighted by molar-refractivity contribution is -0.145. The van der Waals surface area contributed by atoms with E-state index in [1.807, 2.05) is 32.0 Å². The number of rotatable bonds is 13. The van der Waals surface area contributed by atoms with Gasteiger partial charge >= 0.3 is 5.97 Å². The van der Waals surface area contributed by atoms with E-state index in [0.717, 1.165) is 30.4 Å². The number of hydrogen-bond acceptors (Lipinski definition) is 7. The molecule has 0 bridgehead atoms. The van der Waals surface area contributed by atoms with Crippen LogP contribution in [0.1, 0.15) is 69.9 Å². The Bertz CT molecular complexity index is 889. The van der Waals surface area contributed by atoms with Crippen molar-refractivity contribution in [3.8, 4) is 0 Å². The molecule has 0 radical (unpaired) electrons. The van der Waals surface area contributed by atoms with Gasteiger partial charge in [0.25, 0.3) is 0 Å². The van der Waals surface area contributed by atoms with Crippen LogP contribution in [-0.4, -0.2) is 48.1 Å². The van der Waals surface area contributed by atoms with Crippen LogP contribution in [0, 0.1) is 5.92 Å². The lowest BCUT2D eigenvalue weighted by atomic mass is 9.94. The smallest absolute Gasteiger partial charge is 0.328 e. The van der Waals surface area contributed by atoms with Crippen molar-refractivity contribution < 1.29 is 29.1 Å². The molecular weight excluding hydrogens is 452 g/mol. The zero-order chi connectivity index (χ0) is 25.8. The molecule has 3 amide bonds. The van der Waals surface area contributed by atoms with E-state index in [4.69, 9.17) is 9.94 Å². The fraction of sp³-hybridized carbons (Fsp3) is 0.600. The molecule has 1 aliphatic heterocycles. The lowest BCUT2D eigenvalue weighted by Crippen LogP contribution is -2.52. The van der Waals surface area contributed by atoms with Crippen LogP contribution in [0.2, 0.25) is 0 Å². The second-order valence-corrected chi connectivity index (χ2v) is 9.33. The van der Waals surface area contributed by atoms with E-state index in [0.29, 0.717) is 37.9 Å². The summed E-state index contributed by atoms with van der Waals surface area (Å²) < 4.78 is 4.83. The summed E-state index contributed by atoms with van der Waals surface area (Å²) in [5.74, 6) is -0.918. The van der Waals surface area contributed by atoms with Crippen LogP contribution in [0.3, 0.4) is 0 Å². The van der Waals surface area contributed by atoms with Crippen molar-refractivity contribution >= 4 is 29.4 Å². The number of benzene rings is 1. The van der Waals surface area contributed by atoms with Gasteiger partial charge in [0.05, 0.1) is 13.2 Å². The number of anilines is 1. The van der Waals surface area contributed by atoms with Gasteiger partial charge in [-0.1, -0.05) is 32.8 Å². The standard InChI is InChI=1S/C25H38N4O6/c1-16(2)12-21(25(33)35-3)28-24(32)20-14-17-10-11-19(13-18(17)15-26-20)27-22(30)8-6-4-5-7-9-23(31)29-34/h10-11,13,16,20-21,26,34H,4-9,12,14-15H2,1-3H3,(H,27,30)(H,28,32)(H,29,31)/t20-,21-/m0/s1. The average molecular weight is 491 g/mol. The Balaban J connectivity index is 1.81. The van der Waals surface area contributed by atoms with E-state index in [2.05, 4.69) is 16.0 Å². The molecule has 5 N–H and O–H groups in total. The Morgan fingerprint density at radius 2 is 1.74 bits per heavy atom. The highest BCUT2D eigenvalue weighted by Gasteiger charge is 2.29. The van der Waals surface area contributed by atoms with Gasteiger partial charge in [-0.05, 0) is 54.9 Å². The quantitative estimate of drug-likeness (QED) is 0.123. The molecule has 0 aliphatic carbocycles. The Morgan fingerprint density at radius 3 is 2.37 bits per heavy atom. The molecule has 35 heavy (non-hydrogen) atoms. The number of fused-ring (bicyclic) bond motifs is 1. The summed E-state index contributed by atoms with van der Waals surface area (Å²) in [6.07, 6.45) is 4.70. The molecule has 0 unspecified atom stereocenters. The van der Waals surface area contributed by atoms with Gasteiger partial charge in [0, 0.05) is 25.1 Å². The molecule has 10 nitrogen and oxygen atoms in total. The predicted octanol–water partition coefficient (Wildman–Crippen LogP) is 2.19. The SMILES string of the molecule is COC(=O)[C@H](CC(C)C)NC(=O)[C@@H]1Cc2ccc(NC(=O)CCCCCCC(=O)NO)cc2CN1. The van der Waals surface area contributed by atoms with Crippen molar-refractivity contribution in [2.75, 3.05) is 12.4 Å². The van der Waals surface area contributed by atoms with Crippen LogP contribution in [0.25, 0.3) is 0 Å². The molecule has 0 fully saturated rings. The van der Waals surface area contributed by atoms with Gasteiger partial charge in [-0.15, -0.1) is 0 Å². The number of carbonyl (C=O) groups excluding carboxylic acids is 4. The molecule has 194 valence electrons. The molecule has 1 aromatic rings. The maximum atomic E-state index is 12.8. The molecular formula is C25H38N4O6. The van der Waals surface area contributed by atoms with E-state index < -0.39 is 24.0 Å². The highest BCUT2D eigenvalue weighted by molar-refractivity contribution is 5.91. The van der Waals surface area contributed by atoms with Crippen molar-refractivity contribution in [2.24, 2.45) is 5.92 Å². The first kappa shape index (κ1) is 28.3. The number of nitrogens with one attached hydrogen (secondary N) is 4. The van der Waals surface area contributed by atoms with Gasteiger partial charge < -0.3 is 20.7 Å². The number of hydroxylamine groups is 1. The van der Waals surface area contributed by atoms with Crippen LogP contribution < -0.4 is 21.4 Å². The van der Waals surface area contributed by atoms with Crippen molar-refractivity contribution in [1.82, 2.24) is 16.1 Å². The summed E-state index contributed by atoms with van der Waals surface area (Å²) in [5.41, 5.74) is 4.35. The highest BCUT2D eigenvalue weighted by atomic mass is 16.5. The van der Waals surface area contributed by atoms with Crippen molar-refractivity contribution in [1.29, 1.82) is 0 Å². The molecule has 0 saturated heterocycles. The number of hydrogen-bond donors (Lipinski definition) is 5. The monoisotopic (exact) mass is 490 g/mol. The summed E-state index contributed by atoms with van der Waals surface area (Å²) >= 11 is 0. The van der Waals surface area contributed by atoms with Gasteiger partial charge in [-0.25, -0.2) is 10.3 Å². The molecule has 0 spiro atoms. The molecule has 2 atom stereocenters. The molecule has 1 aliphatic rings. The summed E-state index contributed by atoms with van der Waals surface area (Å²) in [5, 5.41) is 17.4. The van der Waals surface area contributed by atoms with Crippen molar-refractivity contribution in [3.63, 3.8) is 0 Å². The minimum absolute atomic E-state index is 0.0712. The number of methoxy groups -OCH3 is 1. The summed E-state index contributed by atoms with van der Waals surface area (Å²) in [7, 11) is 1.31. The van der Waals surface area contributed by atoms with Gasteiger partial charge in [0.2, 0.25) is 17.7 Å². The fourth-order valence-corrected chi connectivity index (χ4v) is 4.08. The van der Waals surface area contributed by atoms with Crippen LogP contribution >= 0.6 is 0 Å². The van der Waals surface area contributed by atoms with Crippen LogP contribution in [0.5, 0.6) is 0 Å². The molecule has 0 saturated carbocycles. The second kappa shape index (κ2) is 14.4. The van der Waals surface area contributed by atoms with E-state index in [-0.39, 0.29) is 24.2 Å². The number of ether oxygens (including phenoxy) is 1. The Labute approximate surface area is 206 Å². The van der Waals surface area contributed by atoms with E-state index in [9.17, 15) is 19.2 Å². The van der Waals surface area contributed by atoms with Crippen LogP contribution in [-0.2, 0) is 36.9 Å². The second-order valence-electron chi connectivity index (χ2n) is 9.33. The normalized spacial score (nSPS) is 15.6. The Hall–Kier alpha value is -2.98. The first-order valence-electron chi connectivity index (χ1n) is 12.2. The predicted molar refractivity (Wildman–Crippen MR) is 130 cm³/mol. The van der Waals surface area contributed by atoms with Crippen molar-refractivity contribution in [2.45, 2.75) is 83.8 Å². The summed E-state index contributed by atoms with van der Waals surface area (Å²) in [6.45, 7) is 4.44. The Morgan fingerprint density at radius 1 is 1.06 bits per heavy atom. The molecule has 2 rings (SSSR count). The third-order valence-electron chi connectivity index (χ3n) is 5.96. The Kier molecular flexibility index (Phi) is 11.6. The molecule has 10 heteroatoms. The summed E-state index contributed by atoms with van der Waals surface area (Å²) in [6, 6.07) is 4.54. The number of esters is 1. The number of carbonyl (C=O) groups is 4. The molecule has 1 aromatic carbocycles. The maximum absolute atomic E-state index is 12.8. The van der Waals surface area contributed by atoms with Gasteiger partial charge in [0.15, 0.2) is 0 Å². The number of unbranched alkanes of at least 4 members (excludes halogenated alkanes) is 3. The first-order valence-corrected chi connectivity index (χ1v) is 12.2. The van der Waals surface area contributed by atoms with Crippen molar-refractivity contribution in [3.05, 3.63) is 29.3 Å². The summed E-state index contributed by atoms with van der Waals surface area (Å²) in [4.78, 5) is 48.0. The average Bonchev–Trinajstić information content (AvgIpc) is 2.84. The molecule has 0 aromatic heterocycles. The van der Waals surface area contributed by atoms with Gasteiger partial charge in [0.1, 0.15) is 6.04 Å². The molecule has 1 heterocycles. The number of amides is 3. The minimum Gasteiger partial charge on any atom is -0.467 e. The minimum atomic E-state index is -0.673. The largest absolute Gasteiger partial charge is 0.467 e. The zero-order valence-electron chi connectivity index (χ0n) is 20.8. The zero-order valence-corrected chi connectivity index (χ0v) is 20.8. The maximum Gasteiger partial charge on any atom is 0.328 e. The fourth-order valence-electron chi connectivity index (χ4n) is 4.08. The van der Waals surface area contributed by atoms with E-state index >= 15 is 0 Å². The van der Waals surface area contributed by atoms with E-state index in [1.165, 1.54) is 7.11 Å². The lowest BCUT2D eigenvalue weighted by Gasteiger charge is -2.28. The van der Waals surface area contributed by atoms with Crippen LogP contribution in [0.15, 0.2) is 18.2 Å². The topological polar surface area (TPSA) is 146 Å². The van der Waals surface area contributed by atoms with E-state index in [1.54, 1.807) is 5.48 Å².